The van der Waals surface area contributed by atoms with E-state index in [1.807, 2.05) is 87.5 Å². The van der Waals surface area contributed by atoms with E-state index in [-0.39, 0.29) is 23.9 Å². The summed E-state index contributed by atoms with van der Waals surface area (Å²) in [7, 11) is -3.20. The lowest BCUT2D eigenvalue weighted by atomic mass is 10.1. The fourth-order valence-electron chi connectivity index (χ4n) is 4.20. The first-order valence-corrected chi connectivity index (χ1v) is 14.1. The number of carbonyl (C=O) groups is 2. The van der Waals surface area contributed by atoms with Crippen molar-refractivity contribution in [3.63, 3.8) is 0 Å². The van der Waals surface area contributed by atoms with Crippen LogP contribution in [0.3, 0.4) is 0 Å². The van der Waals surface area contributed by atoms with Crippen molar-refractivity contribution in [2.75, 3.05) is 6.54 Å². The SMILES string of the molecule is CC(C)(C)NC(=O)N(CCc1ccc(Oc2ccccc2)cc1)Cc1ccc(C2CC(=O)NS2(O)O)cc1. The van der Waals surface area contributed by atoms with Crippen LogP contribution in [0.1, 0.15) is 49.1 Å². The Morgan fingerprint density at radius 3 is 2.16 bits per heavy atom. The molecule has 1 heterocycles. The largest absolute Gasteiger partial charge is 0.457 e. The molecule has 1 atom stereocenters. The number of para-hydroxylation sites is 1. The highest BCUT2D eigenvalue weighted by Crippen LogP contribution is 2.56. The highest BCUT2D eigenvalue weighted by atomic mass is 32.3. The van der Waals surface area contributed by atoms with Gasteiger partial charge in [0.1, 0.15) is 16.7 Å². The zero-order valence-electron chi connectivity index (χ0n) is 21.9. The smallest absolute Gasteiger partial charge is 0.318 e. The molecular weight excluding hydrogens is 502 g/mol. The van der Waals surface area contributed by atoms with Gasteiger partial charge in [0, 0.05) is 18.6 Å². The average Bonchev–Trinajstić information content (AvgIpc) is 3.14. The lowest BCUT2D eigenvalue weighted by Gasteiger charge is -2.33. The minimum atomic E-state index is -3.20. The van der Waals surface area contributed by atoms with Crippen LogP contribution in [0, 0.1) is 0 Å². The Morgan fingerprint density at radius 2 is 1.58 bits per heavy atom. The molecule has 3 aromatic rings. The van der Waals surface area contributed by atoms with E-state index in [2.05, 4.69) is 10.0 Å². The molecule has 202 valence electrons. The predicted octanol–water partition coefficient (Wildman–Crippen LogP) is 6.26. The molecule has 1 fully saturated rings. The first-order valence-electron chi connectivity index (χ1n) is 12.5. The molecule has 0 saturated carbocycles. The van der Waals surface area contributed by atoms with Gasteiger partial charge in [0.05, 0.1) is 6.42 Å². The molecule has 1 unspecified atom stereocenters. The minimum absolute atomic E-state index is 0.0387. The Kier molecular flexibility index (Phi) is 8.30. The lowest BCUT2D eigenvalue weighted by molar-refractivity contribution is -0.118. The fraction of sp³-hybridized carbons (Fsp3) is 0.310. The molecule has 4 rings (SSSR count). The summed E-state index contributed by atoms with van der Waals surface area (Å²) in [6.07, 6.45) is 0.703. The summed E-state index contributed by atoms with van der Waals surface area (Å²) in [5.74, 6) is 1.15. The van der Waals surface area contributed by atoms with Crippen molar-refractivity contribution < 1.29 is 23.4 Å². The van der Waals surface area contributed by atoms with Gasteiger partial charge >= 0.3 is 6.03 Å². The number of carbonyl (C=O) groups excluding carboxylic acids is 2. The fourth-order valence-corrected chi connectivity index (χ4v) is 5.68. The van der Waals surface area contributed by atoms with Crippen molar-refractivity contribution in [1.29, 1.82) is 0 Å². The van der Waals surface area contributed by atoms with Gasteiger partial charge in [0.2, 0.25) is 5.91 Å². The number of nitrogens with zero attached hydrogens (tertiary/aromatic N) is 1. The summed E-state index contributed by atoms with van der Waals surface area (Å²) < 4.78 is 28.5. The number of nitrogens with one attached hydrogen (secondary N) is 2. The van der Waals surface area contributed by atoms with Crippen molar-refractivity contribution in [2.45, 2.75) is 50.9 Å². The zero-order chi connectivity index (χ0) is 27.3. The van der Waals surface area contributed by atoms with Crippen molar-refractivity contribution in [3.05, 3.63) is 95.6 Å². The molecule has 3 aromatic carbocycles. The van der Waals surface area contributed by atoms with E-state index in [1.54, 1.807) is 17.0 Å². The second-order valence-electron chi connectivity index (χ2n) is 10.5. The summed E-state index contributed by atoms with van der Waals surface area (Å²) in [5.41, 5.74) is 2.28. The van der Waals surface area contributed by atoms with Gasteiger partial charge in [0.15, 0.2) is 0 Å². The van der Waals surface area contributed by atoms with Crippen LogP contribution in [0.2, 0.25) is 0 Å². The molecule has 3 amide bonds. The maximum Gasteiger partial charge on any atom is 0.318 e. The summed E-state index contributed by atoms with van der Waals surface area (Å²) >= 11 is 0. The number of rotatable bonds is 8. The maximum absolute atomic E-state index is 13.1. The Labute approximate surface area is 225 Å². The van der Waals surface area contributed by atoms with Gasteiger partial charge < -0.3 is 15.0 Å². The summed E-state index contributed by atoms with van der Waals surface area (Å²) in [6, 6.07) is 24.6. The van der Waals surface area contributed by atoms with Gasteiger partial charge in [0.25, 0.3) is 0 Å². The summed E-state index contributed by atoms with van der Waals surface area (Å²) in [4.78, 5) is 26.6. The number of amides is 3. The molecule has 0 aromatic heterocycles. The van der Waals surface area contributed by atoms with Gasteiger partial charge in [-0.05, 0) is 68.1 Å². The molecule has 0 radical (unpaired) electrons. The number of ether oxygens (including phenoxy) is 1. The minimum Gasteiger partial charge on any atom is -0.457 e. The summed E-state index contributed by atoms with van der Waals surface area (Å²) in [5, 5.41) is 2.37. The molecule has 0 spiro atoms. The van der Waals surface area contributed by atoms with Crippen LogP contribution in [0.5, 0.6) is 11.5 Å². The van der Waals surface area contributed by atoms with E-state index in [1.165, 1.54) is 0 Å². The van der Waals surface area contributed by atoms with Gasteiger partial charge in [-0.15, -0.1) is 10.8 Å². The highest BCUT2D eigenvalue weighted by molar-refractivity contribution is 8.23. The van der Waals surface area contributed by atoms with Crippen LogP contribution in [0.4, 0.5) is 4.79 Å². The van der Waals surface area contributed by atoms with Gasteiger partial charge in [-0.3, -0.25) is 18.6 Å². The van der Waals surface area contributed by atoms with Crippen molar-refractivity contribution in [3.8, 4) is 11.5 Å². The van der Waals surface area contributed by atoms with E-state index < -0.39 is 16.0 Å². The van der Waals surface area contributed by atoms with Crippen LogP contribution in [-0.4, -0.2) is 38.0 Å². The molecular formula is C29H35N3O5S. The quantitative estimate of drug-likeness (QED) is 0.271. The lowest BCUT2D eigenvalue weighted by Crippen LogP contribution is -2.48. The topological polar surface area (TPSA) is 111 Å². The molecule has 8 nitrogen and oxygen atoms in total. The third kappa shape index (κ3) is 7.50. The Bertz CT molecular complexity index is 1240. The van der Waals surface area contributed by atoms with Crippen LogP contribution < -0.4 is 14.8 Å². The summed E-state index contributed by atoms with van der Waals surface area (Å²) in [6.45, 7) is 6.72. The molecule has 0 bridgehead atoms. The number of urea groups is 1. The van der Waals surface area contributed by atoms with E-state index in [0.29, 0.717) is 25.1 Å². The Balaban J connectivity index is 1.42. The molecule has 4 N–H and O–H groups in total. The van der Waals surface area contributed by atoms with Crippen molar-refractivity contribution in [2.24, 2.45) is 0 Å². The van der Waals surface area contributed by atoms with Crippen LogP contribution in [0.15, 0.2) is 78.9 Å². The molecule has 38 heavy (non-hydrogen) atoms. The number of benzene rings is 3. The molecule has 1 saturated heterocycles. The van der Waals surface area contributed by atoms with E-state index in [0.717, 1.165) is 22.6 Å². The normalized spacial score (nSPS) is 17.4. The van der Waals surface area contributed by atoms with Crippen molar-refractivity contribution in [1.82, 2.24) is 14.9 Å². The molecule has 0 aliphatic carbocycles. The Morgan fingerprint density at radius 1 is 0.974 bits per heavy atom. The first kappa shape index (κ1) is 27.5. The number of hydrogen-bond donors (Lipinski definition) is 4. The van der Waals surface area contributed by atoms with E-state index in [9.17, 15) is 18.7 Å². The third-order valence-corrected chi connectivity index (χ3v) is 7.86. The first-order chi connectivity index (χ1) is 18.0. The van der Waals surface area contributed by atoms with Crippen LogP contribution in [-0.2, 0) is 17.8 Å². The Hall–Kier alpha value is -3.53. The number of hydrogen-bond acceptors (Lipinski definition) is 5. The van der Waals surface area contributed by atoms with Gasteiger partial charge in [-0.2, -0.15) is 0 Å². The predicted molar refractivity (Wildman–Crippen MR) is 150 cm³/mol. The standard InChI is InChI=1S/C29H35N3O5S/c1-29(2,3)30-28(34)32(18-17-21-11-15-25(16-12-21)37-24-7-5-4-6-8-24)20-22-9-13-23(14-10-22)26-19-27(33)31-38(26,35)36/h4-16,26,35-36H,17-20H2,1-3H3,(H,30,34)(H,31,33). The zero-order valence-corrected chi connectivity index (χ0v) is 22.7. The third-order valence-electron chi connectivity index (χ3n) is 6.10. The average molecular weight is 538 g/mol. The van der Waals surface area contributed by atoms with Crippen LogP contribution in [0.25, 0.3) is 0 Å². The van der Waals surface area contributed by atoms with Crippen LogP contribution >= 0.6 is 10.8 Å². The highest BCUT2D eigenvalue weighted by Gasteiger charge is 2.37. The van der Waals surface area contributed by atoms with E-state index in [4.69, 9.17) is 4.74 Å². The molecule has 1 aliphatic heterocycles. The second kappa shape index (κ2) is 11.5. The molecule has 9 heteroatoms. The van der Waals surface area contributed by atoms with Gasteiger partial charge in [-0.1, -0.05) is 54.6 Å². The second-order valence-corrected chi connectivity index (χ2v) is 12.4. The monoisotopic (exact) mass is 537 g/mol. The maximum atomic E-state index is 13.1. The van der Waals surface area contributed by atoms with Crippen molar-refractivity contribution >= 4 is 22.7 Å². The molecule has 1 aliphatic rings. The van der Waals surface area contributed by atoms with E-state index >= 15 is 0 Å². The van der Waals surface area contributed by atoms with Gasteiger partial charge in [-0.25, -0.2) is 4.79 Å².